The van der Waals surface area contributed by atoms with Crippen LogP contribution < -0.4 is 5.32 Å². The zero-order valence-electron chi connectivity index (χ0n) is 17.5. The molecule has 2 aromatic carbocycles. The minimum Gasteiger partial charge on any atom is -0.424 e. The number of nitriles is 1. The molecule has 0 aliphatic rings. The molecule has 0 fully saturated rings. The first-order valence-electron chi connectivity index (χ1n) is 10.1. The summed E-state index contributed by atoms with van der Waals surface area (Å²) in [5, 5.41) is 20.2. The van der Waals surface area contributed by atoms with Crippen LogP contribution in [-0.4, -0.2) is 27.1 Å². The molecule has 0 radical (unpaired) electrons. The Kier molecular flexibility index (Phi) is 6.23. The Morgan fingerprint density at radius 3 is 2.66 bits per heavy atom. The number of carbonyl (C=O) groups excluding carboxylic acids is 1. The van der Waals surface area contributed by atoms with Crippen molar-refractivity contribution in [2.24, 2.45) is 5.92 Å². The number of hydrogen-bond donors (Lipinski definition) is 1. The van der Waals surface area contributed by atoms with Crippen LogP contribution in [0.3, 0.4) is 0 Å². The molecule has 4 rings (SSSR count). The Morgan fingerprint density at radius 2 is 1.94 bits per heavy atom. The predicted octanol–water partition coefficient (Wildman–Crippen LogP) is 4.28. The molecule has 0 saturated heterocycles. The number of benzene rings is 2. The van der Waals surface area contributed by atoms with E-state index in [-0.39, 0.29) is 42.3 Å². The number of nitrogens with one attached hydrogen (secondary N) is 1. The summed E-state index contributed by atoms with van der Waals surface area (Å²) in [7, 11) is 0. The number of rotatable bonds is 7. The number of nitrogens with zero attached hydrogens (tertiary/aromatic N) is 4. The van der Waals surface area contributed by atoms with Crippen molar-refractivity contribution in [2.75, 3.05) is 0 Å². The highest BCUT2D eigenvalue weighted by atomic mass is 32.1. The fourth-order valence-corrected chi connectivity index (χ4v) is 4.19. The van der Waals surface area contributed by atoms with Crippen LogP contribution in [0.1, 0.15) is 30.6 Å². The van der Waals surface area contributed by atoms with Crippen molar-refractivity contribution < 1.29 is 13.6 Å². The number of aromatic nitrogens is 3. The van der Waals surface area contributed by atoms with Gasteiger partial charge in [0.2, 0.25) is 17.7 Å². The van der Waals surface area contributed by atoms with Gasteiger partial charge in [-0.3, -0.25) is 4.79 Å². The number of hydrogen-bond acceptors (Lipinski definition) is 7. The average molecular weight is 450 g/mol. The lowest BCUT2D eigenvalue weighted by Crippen LogP contribution is -2.38. The maximum absolute atomic E-state index is 15.1. The normalized spacial score (nSPS) is 12.1. The van der Waals surface area contributed by atoms with Gasteiger partial charge in [-0.05, 0) is 23.6 Å². The number of carbonyl (C=O) groups is 1. The standard InChI is InChI=1S/C23H20FN5O2S/c1-13(2)17(12-25)26-18(30)10-19-28-29-20(31-19)11-21-27-16-9-8-15(22(24)23(16)32-21)14-6-4-3-5-7-14/h3-9,13,17H,10-11H2,1-2H3,(H,26,30). The summed E-state index contributed by atoms with van der Waals surface area (Å²) >= 11 is 1.24. The van der Waals surface area contributed by atoms with Crippen LogP contribution in [0.2, 0.25) is 0 Å². The first kappa shape index (κ1) is 21.6. The smallest absolute Gasteiger partial charge is 0.230 e. The molecule has 1 amide bonds. The molecule has 7 nitrogen and oxygen atoms in total. The lowest BCUT2D eigenvalue weighted by atomic mass is 10.1. The van der Waals surface area contributed by atoms with Gasteiger partial charge in [-0.1, -0.05) is 44.2 Å². The van der Waals surface area contributed by atoms with E-state index < -0.39 is 6.04 Å². The number of amides is 1. The summed E-state index contributed by atoms with van der Waals surface area (Å²) in [5.74, 6) is -0.245. The van der Waals surface area contributed by atoms with Crippen LogP contribution in [0, 0.1) is 23.1 Å². The van der Waals surface area contributed by atoms with Crippen LogP contribution in [0.5, 0.6) is 0 Å². The van der Waals surface area contributed by atoms with Gasteiger partial charge in [0, 0.05) is 5.56 Å². The Labute approximate surface area is 187 Å². The molecule has 2 aromatic heterocycles. The first-order chi connectivity index (χ1) is 15.4. The van der Waals surface area contributed by atoms with Crippen LogP contribution in [0.15, 0.2) is 46.9 Å². The van der Waals surface area contributed by atoms with E-state index in [1.54, 1.807) is 12.1 Å². The Balaban J connectivity index is 1.48. The summed E-state index contributed by atoms with van der Waals surface area (Å²) in [5.41, 5.74) is 1.90. The maximum atomic E-state index is 15.1. The van der Waals surface area contributed by atoms with Gasteiger partial charge in [0.1, 0.15) is 23.3 Å². The summed E-state index contributed by atoms with van der Waals surface area (Å²) in [6.45, 7) is 3.70. The molecule has 9 heteroatoms. The number of thiazole rings is 1. The van der Waals surface area contributed by atoms with Crippen molar-refractivity contribution >= 4 is 27.5 Å². The Morgan fingerprint density at radius 1 is 1.19 bits per heavy atom. The zero-order valence-corrected chi connectivity index (χ0v) is 18.3. The van der Waals surface area contributed by atoms with E-state index in [9.17, 15) is 4.79 Å². The molecule has 0 aliphatic heterocycles. The highest BCUT2D eigenvalue weighted by Gasteiger charge is 2.19. The predicted molar refractivity (Wildman–Crippen MR) is 118 cm³/mol. The minimum absolute atomic E-state index is 0.0102. The van der Waals surface area contributed by atoms with Crippen molar-refractivity contribution in [3.05, 3.63) is 65.1 Å². The van der Waals surface area contributed by atoms with Crippen molar-refractivity contribution in [3.63, 3.8) is 0 Å². The second-order valence-electron chi connectivity index (χ2n) is 7.61. The topological polar surface area (TPSA) is 105 Å². The third kappa shape index (κ3) is 4.65. The van der Waals surface area contributed by atoms with Crippen LogP contribution in [0.25, 0.3) is 21.3 Å². The van der Waals surface area contributed by atoms with E-state index >= 15 is 4.39 Å². The molecule has 0 saturated carbocycles. The lowest BCUT2D eigenvalue weighted by molar-refractivity contribution is -0.121. The van der Waals surface area contributed by atoms with Crippen molar-refractivity contribution in [1.82, 2.24) is 20.5 Å². The highest BCUT2D eigenvalue weighted by molar-refractivity contribution is 7.18. The lowest BCUT2D eigenvalue weighted by Gasteiger charge is -2.13. The fourth-order valence-electron chi connectivity index (χ4n) is 3.19. The van der Waals surface area contributed by atoms with Gasteiger partial charge >= 0.3 is 0 Å². The highest BCUT2D eigenvalue weighted by Crippen LogP contribution is 2.33. The van der Waals surface area contributed by atoms with E-state index in [2.05, 4.69) is 26.6 Å². The molecule has 2 heterocycles. The van der Waals surface area contributed by atoms with Gasteiger partial charge in [-0.25, -0.2) is 9.37 Å². The van der Waals surface area contributed by atoms with Crippen LogP contribution in [0.4, 0.5) is 4.39 Å². The quantitative estimate of drug-likeness (QED) is 0.451. The van der Waals surface area contributed by atoms with Gasteiger partial charge in [-0.15, -0.1) is 21.5 Å². The largest absolute Gasteiger partial charge is 0.424 e. The number of fused-ring (bicyclic) bond motifs is 1. The third-order valence-corrected chi connectivity index (χ3v) is 5.94. The molecule has 162 valence electrons. The van der Waals surface area contributed by atoms with Crippen molar-refractivity contribution in [3.8, 4) is 17.2 Å². The third-order valence-electron chi connectivity index (χ3n) is 4.87. The molecule has 0 bridgehead atoms. The second-order valence-corrected chi connectivity index (χ2v) is 8.69. The van der Waals surface area contributed by atoms with E-state index in [4.69, 9.17) is 9.68 Å². The molecule has 0 aliphatic carbocycles. The minimum atomic E-state index is -0.580. The van der Waals surface area contributed by atoms with Crippen LogP contribution in [-0.2, 0) is 17.6 Å². The van der Waals surface area contributed by atoms with Gasteiger partial charge in [0.25, 0.3) is 0 Å². The van der Waals surface area contributed by atoms with Gasteiger partial charge in [-0.2, -0.15) is 5.26 Å². The molecule has 1 unspecified atom stereocenters. The monoisotopic (exact) mass is 449 g/mol. The Bertz CT molecular complexity index is 1290. The molecule has 32 heavy (non-hydrogen) atoms. The molecule has 4 aromatic rings. The average Bonchev–Trinajstić information content (AvgIpc) is 3.39. The van der Waals surface area contributed by atoms with E-state index in [1.807, 2.05) is 44.2 Å². The zero-order chi connectivity index (χ0) is 22.7. The van der Waals surface area contributed by atoms with Crippen LogP contribution >= 0.6 is 11.3 Å². The molecule has 0 spiro atoms. The van der Waals surface area contributed by atoms with Crippen molar-refractivity contribution in [1.29, 1.82) is 5.26 Å². The first-order valence-corrected chi connectivity index (χ1v) is 10.9. The van der Waals surface area contributed by atoms with Gasteiger partial charge in [0.15, 0.2) is 0 Å². The maximum Gasteiger partial charge on any atom is 0.230 e. The summed E-state index contributed by atoms with van der Waals surface area (Å²) in [6, 6.07) is 14.3. The fraction of sp³-hybridized carbons (Fsp3) is 0.261. The second kappa shape index (κ2) is 9.24. The van der Waals surface area contributed by atoms with E-state index in [0.717, 1.165) is 5.56 Å². The summed E-state index contributed by atoms with van der Waals surface area (Å²) < 4.78 is 21.1. The van der Waals surface area contributed by atoms with Gasteiger partial charge < -0.3 is 9.73 Å². The molecule has 1 atom stereocenters. The SMILES string of the molecule is CC(C)C(C#N)NC(=O)Cc1nnc(Cc2nc3ccc(-c4ccccc4)c(F)c3s2)o1. The summed E-state index contributed by atoms with van der Waals surface area (Å²) in [4.78, 5) is 16.6. The van der Waals surface area contributed by atoms with Crippen molar-refractivity contribution in [2.45, 2.75) is 32.7 Å². The van der Waals surface area contributed by atoms with E-state index in [1.165, 1.54) is 11.3 Å². The van der Waals surface area contributed by atoms with E-state index in [0.29, 0.717) is 20.8 Å². The molecular formula is C23H20FN5O2S. The Hall–Kier alpha value is -3.64. The van der Waals surface area contributed by atoms with Gasteiger partial charge in [0.05, 0.1) is 22.7 Å². The summed E-state index contributed by atoms with van der Waals surface area (Å²) in [6.07, 6.45) is 0.119. The molecular weight excluding hydrogens is 429 g/mol. The number of halogens is 1. The molecule has 1 N–H and O–H groups in total.